The average molecular weight is 305 g/mol. The Morgan fingerprint density at radius 3 is 2.10 bits per heavy atom. The van der Waals surface area contributed by atoms with E-state index >= 15 is 0 Å². The maximum Gasteiger partial charge on any atom is 0.259 e. The third-order valence-corrected chi connectivity index (χ3v) is 2.90. The van der Waals surface area contributed by atoms with Crippen molar-refractivity contribution in [1.82, 2.24) is 0 Å². The van der Waals surface area contributed by atoms with Crippen LogP contribution in [0.4, 0.5) is 11.4 Å². The molecule has 0 saturated carbocycles. The highest BCUT2D eigenvalue weighted by molar-refractivity contribution is 6.31. The first-order chi connectivity index (χ1) is 9.95. The molecule has 2 amide bonds. The van der Waals surface area contributed by atoms with Crippen LogP contribution in [0, 0.1) is 0 Å². The van der Waals surface area contributed by atoms with Crippen molar-refractivity contribution in [1.29, 1.82) is 0 Å². The van der Waals surface area contributed by atoms with Crippen molar-refractivity contribution in [3.8, 4) is 5.75 Å². The summed E-state index contributed by atoms with van der Waals surface area (Å²) < 4.78 is 0. The summed E-state index contributed by atoms with van der Waals surface area (Å²) in [6.45, 7) is 1.42. The molecule has 0 radical (unpaired) electrons. The number of anilines is 2. The number of phenols is 1. The molecule has 6 heteroatoms. The monoisotopic (exact) mass is 304 g/mol. The van der Waals surface area contributed by atoms with Crippen molar-refractivity contribution >= 4 is 34.8 Å². The van der Waals surface area contributed by atoms with E-state index in [1.807, 2.05) is 0 Å². The third-order valence-electron chi connectivity index (χ3n) is 2.67. The summed E-state index contributed by atoms with van der Waals surface area (Å²) in [6, 6.07) is 10.9. The molecule has 21 heavy (non-hydrogen) atoms. The molecule has 108 valence electrons. The molecule has 0 aromatic heterocycles. The predicted molar refractivity (Wildman–Crippen MR) is 81.8 cm³/mol. The molecule has 0 aliphatic heterocycles. The second kappa shape index (κ2) is 6.28. The minimum atomic E-state index is -0.448. The van der Waals surface area contributed by atoms with E-state index in [1.165, 1.54) is 25.1 Å². The van der Waals surface area contributed by atoms with Crippen molar-refractivity contribution in [3.05, 3.63) is 53.1 Å². The number of phenolic OH excluding ortho intramolecular Hbond substituents is 1. The SMILES string of the molecule is CC(=O)Nc1ccc(NC(=O)c2ccc(Cl)cc2O)cc1. The van der Waals surface area contributed by atoms with E-state index in [-0.39, 0.29) is 17.2 Å². The lowest BCUT2D eigenvalue weighted by atomic mass is 10.2. The fourth-order valence-corrected chi connectivity index (χ4v) is 1.90. The zero-order valence-electron chi connectivity index (χ0n) is 11.2. The molecule has 0 unspecified atom stereocenters. The molecule has 2 aromatic rings. The minimum absolute atomic E-state index is 0.130. The van der Waals surface area contributed by atoms with Crippen LogP contribution in [0.25, 0.3) is 0 Å². The molecule has 0 aliphatic carbocycles. The first-order valence-electron chi connectivity index (χ1n) is 6.13. The highest BCUT2D eigenvalue weighted by atomic mass is 35.5. The molecule has 0 fully saturated rings. The first-order valence-corrected chi connectivity index (χ1v) is 6.51. The fraction of sp³-hybridized carbons (Fsp3) is 0.0667. The largest absolute Gasteiger partial charge is 0.507 e. The lowest BCUT2D eigenvalue weighted by Gasteiger charge is -2.08. The van der Waals surface area contributed by atoms with Crippen molar-refractivity contribution in [2.75, 3.05) is 10.6 Å². The van der Waals surface area contributed by atoms with Gasteiger partial charge >= 0.3 is 0 Å². The number of hydrogen-bond donors (Lipinski definition) is 3. The van der Waals surface area contributed by atoms with Crippen LogP contribution in [0.3, 0.4) is 0 Å². The summed E-state index contributed by atoms with van der Waals surface area (Å²) in [5, 5.41) is 15.3. The Kier molecular flexibility index (Phi) is 4.45. The van der Waals surface area contributed by atoms with Gasteiger partial charge < -0.3 is 15.7 Å². The van der Waals surface area contributed by atoms with E-state index in [0.29, 0.717) is 16.4 Å². The zero-order chi connectivity index (χ0) is 15.4. The van der Waals surface area contributed by atoms with E-state index in [2.05, 4.69) is 10.6 Å². The van der Waals surface area contributed by atoms with Gasteiger partial charge in [0, 0.05) is 23.3 Å². The van der Waals surface area contributed by atoms with Crippen molar-refractivity contribution in [2.24, 2.45) is 0 Å². The molecule has 3 N–H and O–H groups in total. The second-order valence-electron chi connectivity index (χ2n) is 4.37. The highest BCUT2D eigenvalue weighted by Gasteiger charge is 2.11. The van der Waals surface area contributed by atoms with Gasteiger partial charge in [-0.15, -0.1) is 0 Å². The topological polar surface area (TPSA) is 78.4 Å². The van der Waals surface area contributed by atoms with Crippen LogP contribution in [0.5, 0.6) is 5.75 Å². The average Bonchev–Trinajstić information content (AvgIpc) is 2.40. The fourth-order valence-electron chi connectivity index (χ4n) is 1.74. The normalized spacial score (nSPS) is 10.0. The van der Waals surface area contributed by atoms with Gasteiger partial charge in [0.2, 0.25) is 5.91 Å². The summed E-state index contributed by atoms with van der Waals surface area (Å²) in [7, 11) is 0. The van der Waals surface area contributed by atoms with Crippen LogP contribution in [-0.4, -0.2) is 16.9 Å². The Labute approximate surface area is 126 Å². The first kappa shape index (κ1) is 14.9. The predicted octanol–water partition coefficient (Wildman–Crippen LogP) is 3.26. The summed E-state index contributed by atoms with van der Waals surface area (Å²) in [5.74, 6) is -0.802. The molecule has 0 atom stereocenters. The van der Waals surface area contributed by atoms with Crippen molar-refractivity contribution in [3.63, 3.8) is 0 Å². The molecular weight excluding hydrogens is 292 g/mol. The van der Waals surface area contributed by atoms with Crippen LogP contribution in [0.1, 0.15) is 17.3 Å². The molecule has 0 saturated heterocycles. The maximum absolute atomic E-state index is 12.0. The summed E-state index contributed by atoms with van der Waals surface area (Å²) >= 11 is 5.71. The Morgan fingerprint density at radius 2 is 1.57 bits per heavy atom. The van der Waals surface area contributed by atoms with Crippen LogP contribution in [-0.2, 0) is 4.79 Å². The number of carbonyl (C=O) groups is 2. The Hall–Kier alpha value is -2.53. The number of benzene rings is 2. The minimum Gasteiger partial charge on any atom is -0.507 e. The standard InChI is InChI=1S/C15H13ClN2O3/c1-9(19)17-11-3-5-12(6-4-11)18-15(21)13-7-2-10(16)8-14(13)20/h2-8,20H,1H3,(H,17,19)(H,18,21). The summed E-state index contributed by atoms with van der Waals surface area (Å²) in [4.78, 5) is 22.9. The number of carbonyl (C=O) groups excluding carboxylic acids is 2. The smallest absolute Gasteiger partial charge is 0.259 e. The van der Waals surface area contributed by atoms with E-state index in [0.717, 1.165) is 0 Å². The molecule has 0 bridgehead atoms. The Bertz CT molecular complexity index is 684. The molecule has 0 heterocycles. The van der Waals surface area contributed by atoms with Gasteiger partial charge in [-0.2, -0.15) is 0 Å². The quantitative estimate of drug-likeness (QED) is 0.814. The lowest BCUT2D eigenvalue weighted by Crippen LogP contribution is -2.12. The van der Waals surface area contributed by atoms with Gasteiger partial charge in [0.1, 0.15) is 5.75 Å². The zero-order valence-corrected chi connectivity index (χ0v) is 11.9. The van der Waals surface area contributed by atoms with Crippen molar-refractivity contribution < 1.29 is 14.7 Å². The van der Waals surface area contributed by atoms with Gasteiger partial charge in [0.05, 0.1) is 5.56 Å². The molecule has 5 nitrogen and oxygen atoms in total. The van der Waals surface area contributed by atoms with Gasteiger partial charge in [0.25, 0.3) is 5.91 Å². The van der Waals surface area contributed by atoms with Gasteiger partial charge in [0.15, 0.2) is 0 Å². The number of halogens is 1. The number of amides is 2. The van der Waals surface area contributed by atoms with Crippen LogP contribution < -0.4 is 10.6 Å². The van der Waals surface area contributed by atoms with E-state index in [9.17, 15) is 14.7 Å². The number of rotatable bonds is 3. The van der Waals surface area contributed by atoms with E-state index < -0.39 is 5.91 Å². The Morgan fingerprint density at radius 1 is 1.00 bits per heavy atom. The molecule has 2 aromatic carbocycles. The van der Waals surface area contributed by atoms with Gasteiger partial charge in [-0.1, -0.05) is 11.6 Å². The van der Waals surface area contributed by atoms with E-state index in [4.69, 9.17) is 11.6 Å². The molecule has 0 spiro atoms. The van der Waals surface area contributed by atoms with Crippen molar-refractivity contribution in [2.45, 2.75) is 6.92 Å². The number of hydrogen-bond acceptors (Lipinski definition) is 3. The lowest BCUT2D eigenvalue weighted by molar-refractivity contribution is -0.114. The van der Waals surface area contributed by atoms with Crippen LogP contribution in [0.2, 0.25) is 5.02 Å². The summed E-state index contributed by atoms with van der Waals surface area (Å²) in [5.41, 5.74) is 1.31. The molecular formula is C15H13ClN2O3. The third kappa shape index (κ3) is 3.97. The maximum atomic E-state index is 12.0. The van der Waals surface area contributed by atoms with Gasteiger partial charge in [-0.05, 0) is 42.5 Å². The van der Waals surface area contributed by atoms with Gasteiger partial charge in [-0.3, -0.25) is 9.59 Å². The second-order valence-corrected chi connectivity index (χ2v) is 4.81. The molecule has 0 aliphatic rings. The Balaban J connectivity index is 2.10. The van der Waals surface area contributed by atoms with Gasteiger partial charge in [-0.25, -0.2) is 0 Å². The molecule has 2 rings (SSSR count). The van der Waals surface area contributed by atoms with E-state index in [1.54, 1.807) is 24.3 Å². The number of aromatic hydroxyl groups is 1. The highest BCUT2D eigenvalue weighted by Crippen LogP contribution is 2.23. The number of nitrogens with one attached hydrogen (secondary N) is 2. The van der Waals surface area contributed by atoms with Crippen LogP contribution in [0.15, 0.2) is 42.5 Å². The van der Waals surface area contributed by atoms with Crippen LogP contribution >= 0.6 is 11.6 Å². The summed E-state index contributed by atoms with van der Waals surface area (Å²) in [6.07, 6.45) is 0.